The lowest BCUT2D eigenvalue weighted by Crippen LogP contribution is -2.42. The maximum atomic E-state index is 12.6. The summed E-state index contributed by atoms with van der Waals surface area (Å²) in [5, 5.41) is 3.00. The lowest BCUT2D eigenvalue weighted by Gasteiger charge is -2.31. The molecule has 27 heavy (non-hydrogen) atoms. The molecule has 0 atom stereocenters. The van der Waals surface area contributed by atoms with E-state index in [9.17, 15) is 9.59 Å². The van der Waals surface area contributed by atoms with E-state index in [0.29, 0.717) is 38.0 Å². The molecule has 2 amide bonds. The van der Waals surface area contributed by atoms with Gasteiger partial charge in [0.05, 0.1) is 7.11 Å². The third kappa shape index (κ3) is 5.10. The van der Waals surface area contributed by atoms with Crippen LogP contribution < -0.4 is 10.1 Å². The number of carbonyl (C=O) groups excluding carboxylic acids is 2. The van der Waals surface area contributed by atoms with Gasteiger partial charge in [-0.15, -0.1) is 0 Å². The molecular formula is C21H23BrN2O3. The minimum Gasteiger partial charge on any atom is -0.497 e. The van der Waals surface area contributed by atoms with Crippen molar-refractivity contribution < 1.29 is 14.3 Å². The first kappa shape index (κ1) is 19.4. The Bertz CT molecular complexity index is 799. The van der Waals surface area contributed by atoms with E-state index in [1.165, 1.54) is 0 Å². The van der Waals surface area contributed by atoms with Crippen molar-refractivity contribution in [1.82, 2.24) is 10.2 Å². The van der Waals surface area contributed by atoms with E-state index in [0.717, 1.165) is 15.8 Å². The molecule has 0 aliphatic carbocycles. The molecule has 0 spiro atoms. The number of benzene rings is 2. The van der Waals surface area contributed by atoms with E-state index in [-0.39, 0.29) is 17.7 Å². The van der Waals surface area contributed by atoms with Crippen LogP contribution in [-0.4, -0.2) is 36.9 Å². The molecule has 5 nitrogen and oxygen atoms in total. The van der Waals surface area contributed by atoms with Crippen LogP contribution in [0.4, 0.5) is 0 Å². The Morgan fingerprint density at radius 3 is 2.52 bits per heavy atom. The Morgan fingerprint density at radius 2 is 1.85 bits per heavy atom. The number of halogens is 1. The van der Waals surface area contributed by atoms with Crippen LogP contribution in [0.1, 0.15) is 28.8 Å². The largest absolute Gasteiger partial charge is 0.497 e. The fraction of sp³-hybridized carbons (Fsp3) is 0.333. The Hall–Kier alpha value is -2.34. The van der Waals surface area contributed by atoms with Gasteiger partial charge in [0, 0.05) is 35.6 Å². The van der Waals surface area contributed by atoms with Crippen molar-refractivity contribution in [2.75, 3.05) is 20.2 Å². The number of methoxy groups -OCH3 is 1. The van der Waals surface area contributed by atoms with Gasteiger partial charge in [-0.05, 0) is 54.8 Å². The highest BCUT2D eigenvalue weighted by atomic mass is 79.9. The van der Waals surface area contributed by atoms with E-state index in [2.05, 4.69) is 21.2 Å². The molecule has 2 aromatic carbocycles. The fourth-order valence-electron chi connectivity index (χ4n) is 3.24. The van der Waals surface area contributed by atoms with E-state index < -0.39 is 0 Å². The van der Waals surface area contributed by atoms with Crippen LogP contribution in [0.25, 0.3) is 0 Å². The molecule has 1 aliphatic heterocycles. The molecule has 1 saturated heterocycles. The number of hydrogen-bond acceptors (Lipinski definition) is 3. The molecule has 2 aromatic rings. The fourth-order valence-corrected chi connectivity index (χ4v) is 3.50. The molecule has 0 radical (unpaired) electrons. The first-order chi connectivity index (χ1) is 13.1. The average Bonchev–Trinajstić information content (AvgIpc) is 2.72. The zero-order valence-electron chi connectivity index (χ0n) is 15.3. The minimum atomic E-state index is -0.0513. The molecule has 6 heteroatoms. The van der Waals surface area contributed by atoms with Gasteiger partial charge in [0.15, 0.2) is 0 Å². The lowest BCUT2D eigenvalue weighted by molar-refractivity contribution is -0.126. The number of rotatable bonds is 5. The van der Waals surface area contributed by atoms with E-state index in [1.54, 1.807) is 7.11 Å². The second-order valence-corrected chi connectivity index (χ2v) is 7.56. The maximum absolute atomic E-state index is 12.6. The van der Waals surface area contributed by atoms with Crippen LogP contribution in [0.5, 0.6) is 5.75 Å². The summed E-state index contributed by atoms with van der Waals surface area (Å²) in [7, 11) is 1.63. The van der Waals surface area contributed by atoms with Crippen LogP contribution in [0, 0.1) is 5.92 Å². The minimum absolute atomic E-state index is 0.0257. The van der Waals surface area contributed by atoms with E-state index in [4.69, 9.17) is 4.74 Å². The van der Waals surface area contributed by atoms with Crippen LogP contribution in [-0.2, 0) is 11.3 Å². The summed E-state index contributed by atoms with van der Waals surface area (Å²) in [6.45, 7) is 1.69. The molecule has 1 N–H and O–H groups in total. The van der Waals surface area contributed by atoms with Crippen molar-refractivity contribution >= 4 is 27.7 Å². The van der Waals surface area contributed by atoms with Crippen LogP contribution >= 0.6 is 15.9 Å². The molecule has 0 unspecified atom stereocenters. The van der Waals surface area contributed by atoms with E-state index in [1.807, 2.05) is 53.4 Å². The molecule has 1 fully saturated rings. The van der Waals surface area contributed by atoms with E-state index >= 15 is 0 Å². The van der Waals surface area contributed by atoms with Gasteiger partial charge in [-0.25, -0.2) is 0 Å². The average molecular weight is 431 g/mol. The Kier molecular flexibility index (Phi) is 6.50. The molecule has 0 aromatic heterocycles. The number of piperidine rings is 1. The van der Waals surface area contributed by atoms with Crippen LogP contribution in [0.3, 0.4) is 0 Å². The van der Waals surface area contributed by atoms with Crippen molar-refractivity contribution in [3.8, 4) is 5.75 Å². The number of amides is 2. The van der Waals surface area contributed by atoms with Crippen LogP contribution in [0.2, 0.25) is 0 Å². The summed E-state index contributed by atoms with van der Waals surface area (Å²) in [6.07, 6.45) is 1.37. The second-order valence-electron chi connectivity index (χ2n) is 6.64. The Labute approximate surface area is 167 Å². The molecule has 0 saturated carbocycles. The van der Waals surface area contributed by atoms with Gasteiger partial charge in [-0.2, -0.15) is 0 Å². The van der Waals surface area contributed by atoms with Gasteiger partial charge >= 0.3 is 0 Å². The highest BCUT2D eigenvalue weighted by Gasteiger charge is 2.27. The zero-order chi connectivity index (χ0) is 19.2. The normalized spacial score (nSPS) is 14.7. The monoisotopic (exact) mass is 430 g/mol. The second kappa shape index (κ2) is 9.04. The molecule has 142 valence electrons. The predicted octanol–water partition coefficient (Wildman–Crippen LogP) is 3.63. The first-order valence-electron chi connectivity index (χ1n) is 9.02. The van der Waals surface area contributed by atoms with Crippen molar-refractivity contribution in [1.29, 1.82) is 0 Å². The number of ether oxygens (including phenoxy) is 1. The maximum Gasteiger partial charge on any atom is 0.253 e. The molecular weight excluding hydrogens is 408 g/mol. The Balaban J connectivity index is 1.48. The summed E-state index contributed by atoms with van der Waals surface area (Å²) in [6, 6.07) is 15.0. The molecule has 1 aliphatic rings. The summed E-state index contributed by atoms with van der Waals surface area (Å²) >= 11 is 3.38. The van der Waals surface area contributed by atoms with Crippen LogP contribution in [0.15, 0.2) is 53.0 Å². The number of carbonyl (C=O) groups is 2. The highest BCUT2D eigenvalue weighted by Crippen LogP contribution is 2.20. The van der Waals surface area contributed by atoms with Crippen molar-refractivity contribution in [3.63, 3.8) is 0 Å². The highest BCUT2D eigenvalue weighted by molar-refractivity contribution is 9.10. The van der Waals surface area contributed by atoms with Crippen molar-refractivity contribution in [3.05, 3.63) is 64.1 Å². The summed E-state index contributed by atoms with van der Waals surface area (Å²) in [5.41, 5.74) is 1.68. The van der Waals surface area contributed by atoms with Gasteiger partial charge < -0.3 is 15.0 Å². The lowest BCUT2D eigenvalue weighted by atomic mass is 9.95. The third-order valence-corrected chi connectivity index (χ3v) is 5.37. The summed E-state index contributed by atoms with van der Waals surface area (Å²) in [5.74, 6) is 0.803. The number of likely N-dealkylation sites (tertiary alicyclic amines) is 1. The smallest absolute Gasteiger partial charge is 0.253 e. The molecule has 1 heterocycles. The topological polar surface area (TPSA) is 58.6 Å². The van der Waals surface area contributed by atoms with Gasteiger partial charge in [0.25, 0.3) is 5.91 Å². The predicted molar refractivity (Wildman–Crippen MR) is 108 cm³/mol. The standard InChI is InChI=1S/C21H23BrN2O3/c1-27-19-4-2-3-15(13-19)14-23-20(25)16-9-11-24(12-10-16)21(26)17-5-7-18(22)8-6-17/h2-8,13,16H,9-12,14H2,1H3,(H,23,25). The first-order valence-corrected chi connectivity index (χ1v) is 9.81. The van der Waals surface area contributed by atoms with Gasteiger partial charge in [-0.1, -0.05) is 28.1 Å². The van der Waals surface area contributed by atoms with Gasteiger partial charge in [0.2, 0.25) is 5.91 Å². The number of nitrogens with zero attached hydrogens (tertiary/aromatic N) is 1. The summed E-state index contributed by atoms with van der Waals surface area (Å²) < 4.78 is 6.15. The Morgan fingerprint density at radius 1 is 1.15 bits per heavy atom. The van der Waals surface area contributed by atoms with Gasteiger partial charge in [0.1, 0.15) is 5.75 Å². The molecule has 0 bridgehead atoms. The number of hydrogen-bond donors (Lipinski definition) is 1. The third-order valence-electron chi connectivity index (χ3n) is 4.85. The van der Waals surface area contributed by atoms with Crippen molar-refractivity contribution in [2.45, 2.75) is 19.4 Å². The molecule has 3 rings (SSSR count). The number of nitrogens with one attached hydrogen (secondary N) is 1. The van der Waals surface area contributed by atoms with Crippen molar-refractivity contribution in [2.24, 2.45) is 5.92 Å². The summed E-state index contributed by atoms with van der Waals surface area (Å²) in [4.78, 5) is 26.8. The van der Waals surface area contributed by atoms with Gasteiger partial charge in [-0.3, -0.25) is 9.59 Å². The quantitative estimate of drug-likeness (QED) is 0.787. The zero-order valence-corrected chi connectivity index (χ0v) is 16.9. The SMILES string of the molecule is COc1cccc(CNC(=O)C2CCN(C(=O)c3ccc(Br)cc3)CC2)c1.